The zero-order valence-electron chi connectivity index (χ0n) is 16.2. The highest BCUT2D eigenvalue weighted by Crippen LogP contribution is 2.31. The lowest BCUT2D eigenvalue weighted by atomic mass is 10.1. The maximum Gasteiger partial charge on any atom is 0.257 e. The molecule has 1 aromatic carbocycles. The van der Waals surface area contributed by atoms with Crippen LogP contribution in [0, 0.1) is 6.92 Å². The van der Waals surface area contributed by atoms with Crippen LogP contribution in [0.3, 0.4) is 0 Å². The van der Waals surface area contributed by atoms with Gasteiger partial charge >= 0.3 is 0 Å². The summed E-state index contributed by atoms with van der Waals surface area (Å²) in [5.41, 5.74) is 5.20. The third kappa shape index (κ3) is 3.80. The van der Waals surface area contributed by atoms with Crippen LogP contribution >= 0.6 is 12.4 Å². The fourth-order valence-electron chi connectivity index (χ4n) is 3.64. The number of carbonyl (C=O) groups excluding carboxylic acids is 1. The molecule has 0 atom stereocenters. The molecule has 3 aromatic rings. The second-order valence-corrected chi connectivity index (χ2v) is 7.01. The van der Waals surface area contributed by atoms with Gasteiger partial charge in [0.2, 0.25) is 0 Å². The number of hydrogen-bond acceptors (Lipinski definition) is 4. The van der Waals surface area contributed by atoms with Crippen molar-refractivity contribution in [2.24, 2.45) is 0 Å². The van der Waals surface area contributed by atoms with E-state index >= 15 is 0 Å². The van der Waals surface area contributed by atoms with Crippen LogP contribution in [0.2, 0.25) is 0 Å². The van der Waals surface area contributed by atoms with Crippen LogP contribution in [-0.2, 0) is 6.42 Å². The van der Waals surface area contributed by atoms with Crippen LogP contribution in [0.1, 0.15) is 41.4 Å². The molecule has 0 bridgehead atoms. The Morgan fingerprint density at radius 2 is 1.89 bits per heavy atom. The summed E-state index contributed by atoms with van der Waals surface area (Å²) in [7, 11) is 0. The van der Waals surface area contributed by atoms with Gasteiger partial charge in [0, 0.05) is 36.1 Å². The Morgan fingerprint density at radius 1 is 1.14 bits per heavy atom. The third-order valence-corrected chi connectivity index (χ3v) is 5.15. The number of benzene rings is 1. The molecule has 0 saturated carbocycles. The van der Waals surface area contributed by atoms with Crippen molar-refractivity contribution in [2.75, 3.05) is 18.4 Å². The summed E-state index contributed by atoms with van der Waals surface area (Å²) in [4.78, 5) is 24.1. The average molecular weight is 397 g/mol. The normalized spacial score (nSPS) is 13.4. The summed E-state index contributed by atoms with van der Waals surface area (Å²) in [6.07, 6.45) is 4.72. The minimum atomic E-state index is 0. The number of para-hydroxylation sites is 1. The van der Waals surface area contributed by atoms with Crippen LogP contribution in [0.25, 0.3) is 11.0 Å². The summed E-state index contributed by atoms with van der Waals surface area (Å²) in [6.45, 7) is 5.71. The molecule has 1 fully saturated rings. The molecule has 2 aromatic heterocycles. The second-order valence-electron chi connectivity index (χ2n) is 7.01. The van der Waals surface area contributed by atoms with Gasteiger partial charge in [-0.25, -0.2) is 9.97 Å². The van der Waals surface area contributed by atoms with E-state index in [2.05, 4.69) is 34.3 Å². The molecule has 6 heteroatoms. The molecule has 0 radical (unpaired) electrons. The second kappa shape index (κ2) is 8.57. The first-order valence-corrected chi connectivity index (χ1v) is 9.58. The minimum Gasteiger partial charge on any atom is -0.354 e. The lowest BCUT2D eigenvalue weighted by Crippen LogP contribution is -2.28. The Bertz CT molecular complexity index is 999. The molecule has 1 saturated heterocycles. The van der Waals surface area contributed by atoms with Gasteiger partial charge in [0.05, 0.1) is 11.3 Å². The van der Waals surface area contributed by atoms with Crippen LogP contribution < -0.4 is 5.32 Å². The summed E-state index contributed by atoms with van der Waals surface area (Å²) < 4.78 is 0. The number of carbonyl (C=O) groups is 1. The van der Waals surface area contributed by atoms with Crippen LogP contribution in [0.15, 0.2) is 42.6 Å². The molecule has 3 heterocycles. The number of likely N-dealkylation sites (tertiary alicyclic amines) is 1. The summed E-state index contributed by atoms with van der Waals surface area (Å²) >= 11 is 0. The number of rotatable bonds is 4. The topological polar surface area (TPSA) is 58.1 Å². The van der Waals surface area contributed by atoms with Crippen LogP contribution in [-0.4, -0.2) is 33.9 Å². The fourth-order valence-corrected chi connectivity index (χ4v) is 3.64. The standard InChI is InChI=1S/C22H24N4O.ClH/c1-3-16-8-4-5-9-19(16)25-20-17-11-10-15(2)24-21(17)23-14-18(20)22(27)26-12-6-7-13-26;/h4-5,8-11,14H,3,6-7,12-13H2,1-2H3,(H,23,24,25);1H. The molecule has 146 valence electrons. The highest BCUT2D eigenvalue weighted by atomic mass is 35.5. The van der Waals surface area contributed by atoms with E-state index in [-0.39, 0.29) is 18.3 Å². The largest absolute Gasteiger partial charge is 0.354 e. The van der Waals surface area contributed by atoms with Gasteiger partial charge in [-0.1, -0.05) is 25.1 Å². The Hall–Kier alpha value is -2.66. The molecule has 0 aliphatic carbocycles. The van der Waals surface area contributed by atoms with Crippen molar-refractivity contribution in [3.63, 3.8) is 0 Å². The zero-order chi connectivity index (χ0) is 18.8. The molecule has 5 nitrogen and oxygen atoms in total. The van der Waals surface area contributed by atoms with E-state index in [1.807, 2.05) is 36.1 Å². The monoisotopic (exact) mass is 396 g/mol. The lowest BCUT2D eigenvalue weighted by Gasteiger charge is -2.20. The van der Waals surface area contributed by atoms with E-state index in [4.69, 9.17) is 0 Å². The summed E-state index contributed by atoms with van der Waals surface area (Å²) in [5.74, 6) is 0.0407. The predicted octanol–water partition coefficient (Wildman–Crippen LogP) is 4.90. The van der Waals surface area contributed by atoms with E-state index in [0.717, 1.165) is 54.8 Å². The third-order valence-electron chi connectivity index (χ3n) is 5.15. The van der Waals surface area contributed by atoms with Gasteiger partial charge < -0.3 is 10.2 Å². The zero-order valence-corrected chi connectivity index (χ0v) is 17.1. The van der Waals surface area contributed by atoms with Crippen molar-refractivity contribution in [1.82, 2.24) is 14.9 Å². The first-order valence-electron chi connectivity index (χ1n) is 9.58. The molecule has 28 heavy (non-hydrogen) atoms. The molecule has 1 amide bonds. The van der Waals surface area contributed by atoms with Crippen LogP contribution in [0.5, 0.6) is 0 Å². The molecule has 1 aliphatic heterocycles. The quantitative estimate of drug-likeness (QED) is 0.681. The maximum absolute atomic E-state index is 13.1. The van der Waals surface area contributed by atoms with E-state index in [1.54, 1.807) is 6.20 Å². The van der Waals surface area contributed by atoms with Gasteiger partial charge in [-0.15, -0.1) is 12.4 Å². The van der Waals surface area contributed by atoms with Gasteiger partial charge in [0.15, 0.2) is 5.65 Å². The Morgan fingerprint density at radius 3 is 2.64 bits per heavy atom. The van der Waals surface area contributed by atoms with Gasteiger partial charge in [-0.05, 0) is 49.9 Å². The smallest absolute Gasteiger partial charge is 0.257 e. The van der Waals surface area contributed by atoms with E-state index in [0.29, 0.717) is 11.2 Å². The summed E-state index contributed by atoms with van der Waals surface area (Å²) in [5, 5.41) is 4.40. The van der Waals surface area contributed by atoms with Crippen LogP contribution in [0.4, 0.5) is 11.4 Å². The van der Waals surface area contributed by atoms with Gasteiger partial charge in [0.1, 0.15) is 0 Å². The number of nitrogens with one attached hydrogen (secondary N) is 1. The summed E-state index contributed by atoms with van der Waals surface area (Å²) in [6, 6.07) is 12.2. The van der Waals surface area contributed by atoms with E-state index in [9.17, 15) is 4.79 Å². The van der Waals surface area contributed by atoms with Gasteiger partial charge in [-0.3, -0.25) is 4.79 Å². The molecule has 4 rings (SSSR count). The first kappa shape index (κ1) is 20.1. The first-order chi connectivity index (χ1) is 13.2. The number of halogens is 1. The predicted molar refractivity (Wildman–Crippen MR) is 116 cm³/mol. The highest BCUT2D eigenvalue weighted by Gasteiger charge is 2.24. The molecule has 0 unspecified atom stereocenters. The van der Waals surface area contributed by atoms with Crippen molar-refractivity contribution < 1.29 is 4.79 Å². The van der Waals surface area contributed by atoms with Crippen molar-refractivity contribution in [3.05, 3.63) is 59.4 Å². The van der Waals surface area contributed by atoms with Crippen molar-refractivity contribution in [3.8, 4) is 0 Å². The molecular weight excluding hydrogens is 372 g/mol. The number of aryl methyl sites for hydroxylation is 2. The van der Waals surface area contributed by atoms with E-state index < -0.39 is 0 Å². The van der Waals surface area contributed by atoms with Gasteiger partial charge in [-0.2, -0.15) is 0 Å². The molecule has 1 N–H and O–H groups in total. The maximum atomic E-state index is 13.1. The number of aromatic nitrogens is 2. The van der Waals surface area contributed by atoms with E-state index in [1.165, 1.54) is 5.56 Å². The van der Waals surface area contributed by atoms with Crippen molar-refractivity contribution in [2.45, 2.75) is 33.1 Å². The number of hydrogen-bond donors (Lipinski definition) is 1. The molecular formula is C22H25ClN4O. The fraction of sp³-hybridized carbons (Fsp3) is 0.318. The van der Waals surface area contributed by atoms with Crippen molar-refractivity contribution >= 4 is 40.7 Å². The Balaban J connectivity index is 0.00000225. The SMILES string of the molecule is CCc1ccccc1Nc1c(C(=O)N2CCCC2)cnc2nc(C)ccc12.Cl. The number of amides is 1. The van der Waals surface area contributed by atoms with Gasteiger partial charge in [0.25, 0.3) is 5.91 Å². The molecule has 1 aliphatic rings. The number of nitrogens with zero attached hydrogens (tertiary/aromatic N) is 3. The van der Waals surface area contributed by atoms with Crippen molar-refractivity contribution in [1.29, 1.82) is 0 Å². The number of anilines is 2. The molecule has 0 spiro atoms. The lowest BCUT2D eigenvalue weighted by molar-refractivity contribution is 0.0793. The average Bonchev–Trinajstić information content (AvgIpc) is 3.22. The Kier molecular flexibility index (Phi) is 6.15. The number of pyridine rings is 2. The number of fused-ring (bicyclic) bond motifs is 1. The Labute approximate surface area is 171 Å². The highest BCUT2D eigenvalue weighted by molar-refractivity contribution is 6.07. The minimum absolute atomic E-state index is 0.